The molecule has 0 aliphatic heterocycles. The molecule has 104 valence electrons. The Bertz CT molecular complexity index is 349. The Kier molecular flexibility index (Phi) is 6.94. The fraction of sp³-hybridized carbons (Fsp3) is 0.786. The molecule has 18 heavy (non-hydrogen) atoms. The van der Waals surface area contributed by atoms with Gasteiger partial charge in [0.2, 0.25) is 0 Å². The van der Waals surface area contributed by atoms with Gasteiger partial charge < -0.3 is 5.32 Å². The van der Waals surface area contributed by atoms with Gasteiger partial charge in [0.1, 0.15) is 0 Å². The van der Waals surface area contributed by atoms with Crippen LogP contribution in [0.1, 0.15) is 58.6 Å². The second-order valence-electron chi connectivity index (χ2n) is 5.09. The third kappa shape index (κ3) is 4.39. The van der Waals surface area contributed by atoms with E-state index in [0.29, 0.717) is 12.0 Å². The number of hydrogen-bond acceptors (Lipinski definition) is 2. The first kappa shape index (κ1) is 15.7. The molecule has 0 spiro atoms. The standard InChI is InChI=1S/C14H26BrN3/c1-5-7-16-12(4)9-11(3)14-13(15)10-17-18(14)8-6-2/h10-12,16H,5-9H2,1-4H3. The van der Waals surface area contributed by atoms with Crippen molar-refractivity contribution in [3.05, 3.63) is 16.4 Å². The number of hydrogen-bond donors (Lipinski definition) is 1. The SMILES string of the molecule is CCCNC(C)CC(C)c1c(Br)cnn1CCC. The third-order valence-electron chi connectivity index (χ3n) is 3.19. The summed E-state index contributed by atoms with van der Waals surface area (Å²) in [6.07, 6.45) is 5.38. The molecule has 0 aliphatic rings. The predicted molar refractivity (Wildman–Crippen MR) is 81.0 cm³/mol. The van der Waals surface area contributed by atoms with E-state index in [9.17, 15) is 0 Å². The molecule has 0 saturated heterocycles. The minimum absolute atomic E-state index is 0.521. The Hall–Kier alpha value is -0.350. The summed E-state index contributed by atoms with van der Waals surface area (Å²) >= 11 is 3.63. The lowest BCUT2D eigenvalue weighted by Gasteiger charge is -2.20. The smallest absolute Gasteiger partial charge is 0.0635 e. The molecule has 1 rings (SSSR count). The molecule has 0 fully saturated rings. The van der Waals surface area contributed by atoms with Crippen LogP contribution >= 0.6 is 15.9 Å². The van der Waals surface area contributed by atoms with Gasteiger partial charge in [-0.25, -0.2) is 0 Å². The first-order valence-corrected chi connectivity index (χ1v) is 7.84. The number of nitrogens with one attached hydrogen (secondary N) is 1. The van der Waals surface area contributed by atoms with E-state index >= 15 is 0 Å². The summed E-state index contributed by atoms with van der Waals surface area (Å²) in [6.45, 7) is 11.1. The zero-order valence-electron chi connectivity index (χ0n) is 12.0. The van der Waals surface area contributed by atoms with Crippen molar-refractivity contribution in [1.29, 1.82) is 0 Å². The van der Waals surface area contributed by atoms with Crippen LogP contribution in [0.15, 0.2) is 10.7 Å². The van der Waals surface area contributed by atoms with E-state index in [1.54, 1.807) is 0 Å². The molecule has 0 aromatic carbocycles. The molecule has 1 heterocycles. The molecule has 1 N–H and O–H groups in total. The Morgan fingerprint density at radius 1 is 1.33 bits per heavy atom. The van der Waals surface area contributed by atoms with Gasteiger partial charge in [0.15, 0.2) is 0 Å². The lowest BCUT2D eigenvalue weighted by molar-refractivity contribution is 0.454. The lowest BCUT2D eigenvalue weighted by atomic mass is 9.99. The summed E-state index contributed by atoms with van der Waals surface area (Å²) < 4.78 is 3.28. The van der Waals surface area contributed by atoms with E-state index in [1.165, 1.54) is 12.1 Å². The summed E-state index contributed by atoms with van der Waals surface area (Å²) in [4.78, 5) is 0. The number of halogens is 1. The van der Waals surface area contributed by atoms with E-state index in [1.807, 2.05) is 6.20 Å². The second-order valence-corrected chi connectivity index (χ2v) is 5.95. The molecule has 0 saturated carbocycles. The Morgan fingerprint density at radius 2 is 2.06 bits per heavy atom. The zero-order chi connectivity index (χ0) is 13.5. The number of nitrogens with zero attached hydrogens (tertiary/aromatic N) is 2. The Balaban J connectivity index is 2.64. The molecule has 0 aliphatic carbocycles. The van der Waals surface area contributed by atoms with Gasteiger partial charge in [0, 0.05) is 18.5 Å². The topological polar surface area (TPSA) is 29.9 Å². The third-order valence-corrected chi connectivity index (χ3v) is 3.80. The van der Waals surface area contributed by atoms with Crippen LogP contribution in [0.4, 0.5) is 0 Å². The van der Waals surface area contributed by atoms with Crippen LogP contribution in [-0.2, 0) is 6.54 Å². The van der Waals surface area contributed by atoms with Crippen LogP contribution < -0.4 is 5.32 Å². The van der Waals surface area contributed by atoms with Gasteiger partial charge in [-0.15, -0.1) is 0 Å². The van der Waals surface area contributed by atoms with Gasteiger partial charge in [-0.1, -0.05) is 20.8 Å². The molecule has 0 amide bonds. The first-order chi connectivity index (χ1) is 8.60. The highest BCUT2D eigenvalue weighted by Gasteiger charge is 2.17. The lowest BCUT2D eigenvalue weighted by Crippen LogP contribution is -2.28. The van der Waals surface area contributed by atoms with Crippen LogP contribution in [0, 0.1) is 0 Å². The highest BCUT2D eigenvalue weighted by atomic mass is 79.9. The average Bonchev–Trinajstić information content (AvgIpc) is 2.68. The van der Waals surface area contributed by atoms with E-state index < -0.39 is 0 Å². The Labute approximate surface area is 119 Å². The highest BCUT2D eigenvalue weighted by molar-refractivity contribution is 9.10. The van der Waals surface area contributed by atoms with Crippen molar-refractivity contribution in [2.24, 2.45) is 0 Å². The van der Waals surface area contributed by atoms with Crippen LogP contribution in [0.3, 0.4) is 0 Å². The minimum Gasteiger partial charge on any atom is -0.314 e. The fourth-order valence-corrected chi connectivity index (χ4v) is 3.05. The highest BCUT2D eigenvalue weighted by Crippen LogP contribution is 2.28. The van der Waals surface area contributed by atoms with E-state index in [-0.39, 0.29) is 0 Å². The van der Waals surface area contributed by atoms with Gasteiger partial charge in [-0.05, 0) is 48.7 Å². The molecule has 0 bridgehead atoms. The summed E-state index contributed by atoms with van der Waals surface area (Å²) in [5, 5.41) is 8.00. The maximum absolute atomic E-state index is 4.45. The van der Waals surface area contributed by atoms with Crippen molar-refractivity contribution in [1.82, 2.24) is 15.1 Å². The zero-order valence-corrected chi connectivity index (χ0v) is 13.6. The molecular formula is C14H26BrN3. The van der Waals surface area contributed by atoms with Crippen molar-refractivity contribution in [2.45, 2.75) is 65.5 Å². The quantitative estimate of drug-likeness (QED) is 0.787. The van der Waals surface area contributed by atoms with E-state index in [0.717, 1.165) is 30.4 Å². The molecule has 0 radical (unpaired) electrons. The summed E-state index contributed by atoms with van der Waals surface area (Å²) in [7, 11) is 0. The fourth-order valence-electron chi connectivity index (χ4n) is 2.37. The monoisotopic (exact) mass is 315 g/mol. The van der Waals surface area contributed by atoms with Gasteiger partial charge >= 0.3 is 0 Å². The maximum Gasteiger partial charge on any atom is 0.0635 e. The van der Waals surface area contributed by atoms with Gasteiger partial charge in [0.05, 0.1) is 16.4 Å². The van der Waals surface area contributed by atoms with Crippen LogP contribution in [0.2, 0.25) is 0 Å². The molecule has 1 aromatic rings. The van der Waals surface area contributed by atoms with Crippen molar-refractivity contribution in [2.75, 3.05) is 6.54 Å². The van der Waals surface area contributed by atoms with E-state index in [2.05, 4.69) is 58.7 Å². The number of rotatable bonds is 8. The van der Waals surface area contributed by atoms with Crippen molar-refractivity contribution >= 4 is 15.9 Å². The van der Waals surface area contributed by atoms with Crippen LogP contribution in [-0.4, -0.2) is 22.4 Å². The van der Waals surface area contributed by atoms with Crippen LogP contribution in [0.5, 0.6) is 0 Å². The minimum atomic E-state index is 0.521. The summed E-state index contributed by atoms with van der Waals surface area (Å²) in [5.41, 5.74) is 1.34. The van der Waals surface area contributed by atoms with Gasteiger partial charge in [-0.2, -0.15) is 5.10 Å². The first-order valence-electron chi connectivity index (χ1n) is 7.04. The largest absolute Gasteiger partial charge is 0.314 e. The van der Waals surface area contributed by atoms with E-state index in [4.69, 9.17) is 0 Å². The second kappa shape index (κ2) is 7.95. The number of aromatic nitrogens is 2. The number of aryl methyl sites for hydroxylation is 1. The van der Waals surface area contributed by atoms with Gasteiger partial charge in [-0.3, -0.25) is 4.68 Å². The molecule has 3 nitrogen and oxygen atoms in total. The maximum atomic E-state index is 4.45. The van der Waals surface area contributed by atoms with Gasteiger partial charge in [0.25, 0.3) is 0 Å². The molecule has 1 aromatic heterocycles. The molecular weight excluding hydrogens is 290 g/mol. The average molecular weight is 316 g/mol. The van der Waals surface area contributed by atoms with Crippen molar-refractivity contribution in [3.8, 4) is 0 Å². The summed E-state index contributed by atoms with van der Waals surface area (Å²) in [5.74, 6) is 0.521. The molecule has 2 unspecified atom stereocenters. The summed E-state index contributed by atoms with van der Waals surface area (Å²) in [6, 6.07) is 0.553. The van der Waals surface area contributed by atoms with Crippen molar-refractivity contribution in [3.63, 3.8) is 0 Å². The molecule has 4 heteroatoms. The van der Waals surface area contributed by atoms with Crippen LogP contribution in [0.25, 0.3) is 0 Å². The Morgan fingerprint density at radius 3 is 2.67 bits per heavy atom. The molecule has 2 atom stereocenters. The normalized spacial score (nSPS) is 14.7. The predicted octanol–water partition coefficient (Wildman–Crippen LogP) is 3.94. The van der Waals surface area contributed by atoms with Crippen molar-refractivity contribution < 1.29 is 0 Å².